The normalized spacial score (nSPS) is 29.9. The molecular weight excluding hydrogens is 779 g/mol. The van der Waals surface area contributed by atoms with Gasteiger partial charge < -0.3 is 34.5 Å². The van der Waals surface area contributed by atoms with Crippen LogP contribution in [0.3, 0.4) is 0 Å². The Kier molecular flexibility index (Phi) is 9.63. The van der Waals surface area contributed by atoms with Crippen molar-refractivity contribution in [1.29, 1.82) is 0 Å². The molecule has 16 heteroatoms. The second-order valence-electron chi connectivity index (χ2n) is 19.3. The summed E-state index contributed by atoms with van der Waals surface area (Å²) in [6.07, 6.45) is 10.5. The van der Waals surface area contributed by atoms with Gasteiger partial charge in [-0.3, -0.25) is 19.1 Å². The van der Waals surface area contributed by atoms with Gasteiger partial charge in [0, 0.05) is 23.8 Å². The quantitative estimate of drug-likeness (QED) is 0.331. The summed E-state index contributed by atoms with van der Waals surface area (Å²) in [4.78, 5) is 63.6. The van der Waals surface area contributed by atoms with Gasteiger partial charge >= 0.3 is 6.09 Å². The molecule has 7 aliphatic rings. The molecule has 4 amide bonds. The smallest absolute Gasteiger partial charge is 0.407 e. The third-order valence-electron chi connectivity index (χ3n) is 13.2. The van der Waals surface area contributed by atoms with Crippen molar-refractivity contribution >= 4 is 44.7 Å². The number of carbonyl (C=O) groups excluding carboxylic acids is 4. The average molecular weight is 834 g/mol. The van der Waals surface area contributed by atoms with E-state index in [9.17, 15) is 27.6 Å². The van der Waals surface area contributed by atoms with Crippen molar-refractivity contribution in [2.24, 2.45) is 11.3 Å². The van der Waals surface area contributed by atoms with E-state index in [0.29, 0.717) is 62.2 Å². The van der Waals surface area contributed by atoms with E-state index in [4.69, 9.17) is 23.9 Å². The SMILES string of the molecule is CC(C)(C)COC(=O)NC1CCCCCC=CC2CC2(C(=O)NS(=O)(=O)C2(C)CC2)NC(=O)C2CC3(CCc4c(c(C5CC5)nc5ccc6c(c45)OCO6)O3)CN2C1=O. The first-order valence-corrected chi connectivity index (χ1v) is 22.7. The number of rotatable bonds is 6. The Morgan fingerprint density at radius 3 is 2.58 bits per heavy atom. The second-order valence-corrected chi connectivity index (χ2v) is 21.5. The van der Waals surface area contributed by atoms with E-state index in [1.54, 1.807) is 6.92 Å². The Morgan fingerprint density at radius 1 is 1.03 bits per heavy atom. The van der Waals surface area contributed by atoms with Crippen molar-refractivity contribution in [2.75, 3.05) is 19.9 Å². The Labute approximate surface area is 344 Å². The minimum Gasteiger partial charge on any atom is -0.483 e. The molecule has 318 valence electrons. The third-order valence-corrected chi connectivity index (χ3v) is 15.4. The summed E-state index contributed by atoms with van der Waals surface area (Å²) in [5.41, 5.74) is -0.225. The second kappa shape index (κ2) is 14.3. The molecule has 5 heterocycles. The van der Waals surface area contributed by atoms with Gasteiger partial charge in [-0.2, -0.15) is 0 Å². The van der Waals surface area contributed by atoms with Gasteiger partial charge in [0.05, 0.1) is 34.5 Å². The zero-order valence-corrected chi connectivity index (χ0v) is 35.1. The lowest BCUT2D eigenvalue weighted by Crippen LogP contribution is -2.58. The van der Waals surface area contributed by atoms with E-state index >= 15 is 0 Å². The van der Waals surface area contributed by atoms with Gasteiger partial charge in [0.25, 0.3) is 5.91 Å². The molecule has 1 aromatic heterocycles. The minimum absolute atomic E-state index is 0.0441. The number of amides is 4. The van der Waals surface area contributed by atoms with Crippen LogP contribution >= 0.6 is 0 Å². The number of hydrogen-bond donors (Lipinski definition) is 3. The number of pyridine rings is 1. The van der Waals surface area contributed by atoms with E-state index in [0.717, 1.165) is 47.8 Å². The van der Waals surface area contributed by atoms with E-state index < -0.39 is 67.7 Å². The number of benzene rings is 1. The fraction of sp³-hybridized carbons (Fsp3) is 0.651. The Balaban J connectivity index is 1.07. The van der Waals surface area contributed by atoms with Crippen molar-refractivity contribution in [1.82, 2.24) is 25.2 Å². The van der Waals surface area contributed by atoms with Gasteiger partial charge in [-0.1, -0.05) is 45.8 Å². The van der Waals surface area contributed by atoms with Crippen LogP contribution in [0, 0.1) is 11.3 Å². The standard InChI is InChI=1S/C43H55N5O10S/c1-40(2,3)23-55-39(52)45-29-11-9-7-5-6-8-10-26-20-43(26,38(51)47-59(53,54)41(4)18-19-41)46-36(49)30-21-42(22-48(30)37(29)50)17-16-27-32-28(14-15-31-35(32)57-24-56-31)44-33(25-12-13-25)34(27)58-42/h8,10,14-15,25-26,29-30H,5-7,9,11-13,16-24H2,1-4H3,(H,45,52)(H,46,49)(H,47,51). The summed E-state index contributed by atoms with van der Waals surface area (Å²) >= 11 is 0. The largest absolute Gasteiger partial charge is 0.483 e. The van der Waals surface area contributed by atoms with Crippen LogP contribution in [0.4, 0.5) is 4.79 Å². The molecule has 0 radical (unpaired) electrons. The van der Waals surface area contributed by atoms with Crippen LogP contribution in [0.25, 0.3) is 10.9 Å². The summed E-state index contributed by atoms with van der Waals surface area (Å²) in [7, 11) is -4.00. The first-order chi connectivity index (χ1) is 28.0. The third kappa shape index (κ3) is 7.47. The highest BCUT2D eigenvalue weighted by Gasteiger charge is 2.64. The molecule has 0 bridgehead atoms. The Hall–Kier alpha value is -4.60. The average Bonchev–Trinajstić information content (AvgIpc) is 4.15. The molecule has 5 unspecified atom stereocenters. The molecule has 1 aromatic carbocycles. The number of aromatic nitrogens is 1. The van der Waals surface area contributed by atoms with Crippen LogP contribution in [0.1, 0.15) is 122 Å². The maximum absolute atomic E-state index is 14.9. The molecule has 9 rings (SSSR count). The number of sulfonamides is 1. The van der Waals surface area contributed by atoms with Crippen LogP contribution in [-0.2, 0) is 35.6 Å². The van der Waals surface area contributed by atoms with E-state index in [1.807, 2.05) is 45.1 Å². The summed E-state index contributed by atoms with van der Waals surface area (Å²) in [6, 6.07) is 1.72. The number of nitrogens with one attached hydrogen (secondary N) is 3. The number of nitrogens with zero attached hydrogens (tertiary/aromatic N) is 2. The van der Waals surface area contributed by atoms with Crippen LogP contribution in [-0.4, -0.2) is 90.0 Å². The van der Waals surface area contributed by atoms with Gasteiger partial charge in [-0.15, -0.1) is 0 Å². The monoisotopic (exact) mass is 833 g/mol. The first kappa shape index (κ1) is 39.8. The molecule has 5 atom stereocenters. The lowest BCUT2D eigenvalue weighted by molar-refractivity contribution is -0.141. The Bertz CT molecular complexity index is 2250. The molecule has 4 aliphatic heterocycles. The van der Waals surface area contributed by atoms with Crippen LogP contribution in [0.15, 0.2) is 24.3 Å². The van der Waals surface area contributed by atoms with Gasteiger partial charge in [-0.25, -0.2) is 18.2 Å². The highest BCUT2D eigenvalue weighted by molar-refractivity contribution is 7.91. The van der Waals surface area contributed by atoms with Crippen molar-refractivity contribution in [3.05, 3.63) is 35.5 Å². The number of alkyl carbamates (subject to hydrolysis) is 1. The predicted molar refractivity (Wildman–Crippen MR) is 215 cm³/mol. The van der Waals surface area contributed by atoms with Crippen LogP contribution < -0.4 is 29.6 Å². The van der Waals surface area contributed by atoms with Crippen molar-refractivity contribution in [2.45, 2.75) is 145 Å². The molecule has 1 saturated heterocycles. The fourth-order valence-corrected chi connectivity index (χ4v) is 10.4. The maximum atomic E-state index is 14.9. The number of carbonyl (C=O) groups is 4. The first-order valence-electron chi connectivity index (χ1n) is 21.2. The molecular formula is C43H55N5O10S. The van der Waals surface area contributed by atoms with E-state index in [2.05, 4.69) is 15.4 Å². The minimum atomic E-state index is -4.00. The Morgan fingerprint density at radius 2 is 1.83 bits per heavy atom. The number of fused-ring (bicyclic) bond motifs is 7. The molecule has 3 aliphatic carbocycles. The lowest BCUT2D eigenvalue weighted by atomic mass is 9.86. The zero-order valence-electron chi connectivity index (χ0n) is 34.3. The van der Waals surface area contributed by atoms with Crippen molar-refractivity contribution in [3.63, 3.8) is 0 Å². The van der Waals surface area contributed by atoms with Crippen molar-refractivity contribution in [3.8, 4) is 17.2 Å². The van der Waals surface area contributed by atoms with E-state index in [-0.39, 0.29) is 44.1 Å². The molecule has 3 N–H and O–H groups in total. The highest BCUT2D eigenvalue weighted by atomic mass is 32.2. The summed E-state index contributed by atoms with van der Waals surface area (Å²) in [6.45, 7) is 7.73. The molecule has 4 fully saturated rings. The van der Waals surface area contributed by atoms with Gasteiger partial charge in [-0.05, 0) is 88.7 Å². The molecule has 15 nitrogen and oxygen atoms in total. The molecule has 1 spiro atoms. The van der Waals surface area contributed by atoms with Crippen LogP contribution in [0.2, 0.25) is 0 Å². The summed E-state index contributed by atoms with van der Waals surface area (Å²) in [5, 5.41) is 6.64. The number of aryl methyl sites for hydroxylation is 1. The molecule has 2 aromatic rings. The number of ether oxygens (including phenoxy) is 4. The molecule has 3 saturated carbocycles. The van der Waals surface area contributed by atoms with E-state index in [1.165, 1.54) is 4.90 Å². The number of hydrogen-bond acceptors (Lipinski definition) is 11. The topological polar surface area (TPSA) is 192 Å². The number of allylic oxidation sites excluding steroid dienone is 1. The van der Waals surface area contributed by atoms with Gasteiger partial charge in [0.15, 0.2) is 11.5 Å². The van der Waals surface area contributed by atoms with Gasteiger partial charge in [0.2, 0.25) is 28.6 Å². The lowest BCUT2D eigenvalue weighted by Gasteiger charge is -2.37. The predicted octanol–water partition coefficient (Wildman–Crippen LogP) is 5.04. The molecule has 59 heavy (non-hydrogen) atoms. The van der Waals surface area contributed by atoms with Crippen LogP contribution in [0.5, 0.6) is 17.2 Å². The van der Waals surface area contributed by atoms with Gasteiger partial charge in [0.1, 0.15) is 29.0 Å². The summed E-state index contributed by atoms with van der Waals surface area (Å²) < 4.78 is 52.2. The zero-order chi connectivity index (χ0) is 41.5. The maximum Gasteiger partial charge on any atom is 0.407 e. The fourth-order valence-electron chi connectivity index (χ4n) is 9.11. The highest BCUT2D eigenvalue weighted by Crippen LogP contribution is 2.54. The summed E-state index contributed by atoms with van der Waals surface area (Å²) in [5.74, 6) is -0.122. The van der Waals surface area contributed by atoms with Crippen molar-refractivity contribution < 1.29 is 46.5 Å².